The standard InChI is InChI=1S/C23H29N3O3/c1-3-28-23(27)21(26-18-10-8-16(9-11-18)22(24)25)17-12-15(2)13-20(14-17)29-19-6-4-5-7-19/h8-14,19,21,26H,3-7H2,1-2H3,(H3,24,25). The van der Waals surface area contributed by atoms with Gasteiger partial charge in [0.2, 0.25) is 0 Å². The summed E-state index contributed by atoms with van der Waals surface area (Å²) in [5.74, 6) is 0.446. The van der Waals surface area contributed by atoms with Crippen LogP contribution in [0.1, 0.15) is 55.3 Å². The zero-order valence-electron chi connectivity index (χ0n) is 17.0. The molecule has 1 fully saturated rings. The van der Waals surface area contributed by atoms with E-state index in [1.165, 1.54) is 12.8 Å². The number of benzene rings is 2. The van der Waals surface area contributed by atoms with E-state index in [1.807, 2.05) is 25.1 Å². The molecule has 1 aliphatic rings. The Balaban J connectivity index is 1.86. The minimum absolute atomic E-state index is 0.00544. The van der Waals surface area contributed by atoms with Crippen molar-refractivity contribution in [1.82, 2.24) is 0 Å². The Morgan fingerprint density at radius 1 is 1.21 bits per heavy atom. The van der Waals surface area contributed by atoms with Crippen molar-refractivity contribution < 1.29 is 14.3 Å². The normalized spacial score (nSPS) is 15.0. The van der Waals surface area contributed by atoms with E-state index in [0.29, 0.717) is 12.2 Å². The summed E-state index contributed by atoms with van der Waals surface area (Å²) >= 11 is 0. The smallest absolute Gasteiger partial charge is 0.333 e. The summed E-state index contributed by atoms with van der Waals surface area (Å²) in [4.78, 5) is 12.7. The van der Waals surface area contributed by atoms with E-state index in [1.54, 1.807) is 31.2 Å². The van der Waals surface area contributed by atoms with Crippen LogP contribution in [0.5, 0.6) is 5.75 Å². The fourth-order valence-electron chi connectivity index (χ4n) is 3.63. The van der Waals surface area contributed by atoms with Crippen molar-refractivity contribution in [3.8, 4) is 5.75 Å². The third-order valence-corrected chi connectivity index (χ3v) is 5.04. The van der Waals surface area contributed by atoms with Crippen molar-refractivity contribution in [3.05, 3.63) is 59.2 Å². The fourth-order valence-corrected chi connectivity index (χ4v) is 3.63. The third kappa shape index (κ3) is 5.50. The molecular weight excluding hydrogens is 366 g/mol. The summed E-state index contributed by atoms with van der Waals surface area (Å²) in [7, 11) is 0. The molecule has 6 heteroatoms. The van der Waals surface area contributed by atoms with Gasteiger partial charge in [-0.05, 0) is 87.1 Å². The number of hydrogen-bond donors (Lipinski definition) is 3. The molecule has 0 spiro atoms. The summed E-state index contributed by atoms with van der Waals surface area (Å²) in [6.45, 7) is 4.09. The van der Waals surface area contributed by atoms with Gasteiger partial charge in [-0.2, -0.15) is 0 Å². The van der Waals surface area contributed by atoms with Crippen LogP contribution >= 0.6 is 0 Å². The van der Waals surface area contributed by atoms with Gasteiger partial charge in [0, 0.05) is 11.3 Å². The van der Waals surface area contributed by atoms with Gasteiger partial charge in [-0.1, -0.05) is 6.07 Å². The van der Waals surface area contributed by atoms with Gasteiger partial charge < -0.3 is 20.5 Å². The second-order valence-corrected chi connectivity index (χ2v) is 7.42. The van der Waals surface area contributed by atoms with Crippen LogP contribution in [0.3, 0.4) is 0 Å². The number of nitrogens with one attached hydrogen (secondary N) is 2. The molecule has 0 saturated heterocycles. The van der Waals surface area contributed by atoms with E-state index in [4.69, 9.17) is 20.6 Å². The lowest BCUT2D eigenvalue weighted by Gasteiger charge is -2.21. The van der Waals surface area contributed by atoms with Crippen LogP contribution in [-0.4, -0.2) is 24.5 Å². The lowest BCUT2D eigenvalue weighted by atomic mass is 10.0. The van der Waals surface area contributed by atoms with E-state index in [0.717, 1.165) is 35.4 Å². The number of anilines is 1. The quantitative estimate of drug-likeness (QED) is 0.351. The minimum atomic E-state index is -0.663. The molecule has 0 aliphatic heterocycles. The monoisotopic (exact) mass is 395 g/mol. The molecular formula is C23H29N3O3. The number of aryl methyl sites for hydroxylation is 1. The van der Waals surface area contributed by atoms with Gasteiger partial charge in [-0.3, -0.25) is 5.41 Å². The fraction of sp³-hybridized carbons (Fsp3) is 0.391. The molecule has 0 heterocycles. The number of hydrogen-bond acceptors (Lipinski definition) is 5. The number of ether oxygens (including phenoxy) is 2. The Bertz CT molecular complexity index is 858. The average molecular weight is 396 g/mol. The van der Waals surface area contributed by atoms with Crippen molar-refractivity contribution in [1.29, 1.82) is 5.41 Å². The maximum absolute atomic E-state index is 12.7. The summed E-state index contributed by atoms with van der Waals surface area (Å²) in [5.41, 5.74) is 8.72. The molecule has 1 unspecified atom stereocenters. The van der Waals surface area contributed by atoms with Crippen molar-refractivity contribution in [3.63, 3.8) is 0 Å². The number of nitrogen functional groups attached to an aromatic ring is 1. The van der Waals surface area contributed by atoms with Crippen molar-refractivity contribution in [2.75, 3.05) is 11.9 Å². The Morgan fingerprint density at radius 2 is 1.90 bits per heavy atom. The Morgan fingerprint density at radius 3 is 2.52 bits per heavy atom. The summed E-state index contributed by atoms with van der Waals surface area (Å²) in [5, 5.41) is 10.8. The zero-order chi connectivity index (χ0) is 20.8. The van der Waals surface area contributed by atoms with Gasteiger partial charge >= 0.3 is 5.97 Å². The number of carbonyl (C=O) groups excluding carboxylic acids is 1. The number of amidine groups is 1. The first-order valence-electron chi connectivity index (χ1n) is 10.1. The maximum Gasteiger partial charge on any atom is 0.333 e. The molecule has 154 valence electrons. The van der Waals surface area contributed by atoms with Crippen molar-refractivity contribution in [2.45, 2.75) is 51.7 Å². The van der Waals surface area contributed by atoms with E-state index < -0.39 is 6.04 Å². The first-order chi connectivity index (χ1) is 14.0. The van der Waals surface area contributed by atoms with Gasteiger partial charge in [-0.25, -0.2) is 4.79 Å². The number of esters is 1. The number of nitrogens with two attached hydrogens (primary N) is 1. The summed E-state index contributed by atoms with van der Waals surface area (Å²) < 4.78 is 11.5. The molecule has 0 amide bonds. The van der Waals surface area contributed by atoms with Crippen LogP contribution in [0.2, 0.25) is 0 Å². The second kappa shape index (κ2) is 9.45. The second-order valence-electron chi connectivity index (χ2n) is 7.42. The van der Waals surface area contributed by atoms with Gasteiger partial charge in [0.05, 0.1) is 12.7 Å². The SMILES string of the molecule is CCOC(=O)C(Nc1ccc(C(=N)N)cc1)c1cc(C)cc(OC2CCCC2)c1. The van der Waals surface area contributed by atoms with Crippen molar-refractivity contribution >= 4 is 17.5 Å². The highest BCUT2D eigenvalue weighted by molar-refractivity contribution is 5.95. The number of carbonyl (C=O) groups is 1. The molecule has 29 heavy (non-hydrogen) atoms. The molecule has 1 aliphatic carbocycles. The van der Waals surface area contributed by atoms with Crippen LogP contribution in [-0.2, 0) is 9.53 Å². The predicted octanol–water partition coefficient (Wildman–Crippen LogP) is 4.32. The molecule has 0 bridgehead atoms. The van der Waals surface area contributed by atoms with Gasteiger partial charge in [0.15, 0.2) is 6.04 Å². The molecule has 0 aromatic heterocycles. The highest BCUT2D eigenvalue weighted by Crippen LogP contribution is 2.29. The summed E-state index contributed by atoms with van der Waals surface area (Å²) in [6, 6.07) is 12.3. The Labute approximate surface area is 171 Å². The molecule has 1 saturated carbocycles. The maximum atomic E-state index is 12.7. The third-order valence-electron chi connectivity index (χ3n) is 5.04. The highest BCUT2D eigenvalue weighted by Gasteiger charge is 2.24. The summed E-state index contributed by atoms with van der Waals surface area (Å²) in [6.07, 6.45) is 4.80. The highest BCUT2D eigenvalue weighted by atomic mass is 16.5. The van der Waals surface area contributed by atoms with Gasteiger partial charge in [0.25, 0.3) is 0 Å². The van der Waals surface area contributed by atoms with Crippen molar-refractivity contribution in [2.24, 2.45) is 5.73 Å². The Hall–Kier alpha value is -3.02. The molecule has 3 rings (SSSR count). The van der Waals surface area contributed by atoms with Crippen LogP contribution in [0.25, 0.3) is 0 Å². The van der Waals surface area contributed by atoms with Crippen LogP contribution in [0.4, 0.5) is 5.69 Å². The van der Waals surface area contributed by atoms with Gasteiger partial charge in [-0.15, -0.1) is 0 Å². The molecule has 2 aromatic rings. The van der Waals surface area contributed by atoms with Gasteiger partial charge in [0.1, 0.15) is 11.6 Å². The largest absolute Gasteiger partial charge is 0.490 e. The molecule has 4 N–H and O–H groups in total. The van der Waals surface area contributed by atoms with E-state index in [9.17, 15) is 4.79 Å². The molecule has 0 radical (unpaired) electrons. The van der Waals surface area contributed by atoms with E-state index >= 15 is 0 Å². The van der Waals surface area contributed by atoms with E-state index in [2.05, 4.69) is 5.32 Å². The van der Waals surface area contributed by atoms with Crippen LogP contribution in [0, 0.1) is 12.3 Å². The van der Waals surface area contributed by atoms with Crippen LogP contribution < -0.4 is 15.8 Å². The first-order valence-corrected chi connectivity index (χ1v) is 10.1. The molecule has 2 aromatic carbocycles. The first kappa shape index (κ1) is 20.7. The molecule has 6 nitrogen and oxygen atoms in total. The Kier molecular flexibility index (Phi) is 6.75. The lowest BCUT2D eigenvalue weighted by molar-refractivity contribution is -0.144. The zero-order valence-corrected chi connectivity index (χ0v) is 17.0. The molecule has 1 atom stereocenters. The van der Waals surface area contributed by atoms with E-state index in [-0.39, 0.29) is 17.9 Å². The lowest BCUT2D eigenvalue weighted by Crippen LogP contribution is -2.24. The number of rotatable bonds is 8. The predicted molar refractivity (Wildman–Crippen MR) is 115 cm³/mol. The average Bonchev–Trinajstić information content (AvgIpc) is 3.19. The topological polar surface area (TPSA) is 97.4 Å². The van der Waals surface area contributed by atoms with Crippen LogP contribution in [0.15, 0.2) is 42.5 Å². The minimum Gasteiger partial charge on any atom is -0.490 e.